The van der Waals surface area contributed by atoms with Crippen LogP contribution in [-0.4, -0.2) is 74.3 Å². The second-order valence-electron chi connectivity index (χ2n) is 9.41. The van der Waals surface area contributed by atoms with Crippen molar-refractivity contribution in [3.05, 3.63) is 46.4 Å². The number of aromatic nitrogens is 2. The van der Waals surface area contributed by atoms with Crippen LogP contribution in [0.25, 0.3) is 5.69 Å². The number of benzene rings is 1. The predicted molar refractivity (Wildman–Crippen MR) is 127 cm³/mol. The molecular formula is C23H30F2N4O5S. The highest BCUT2D eigenvalue weighted by Crippen LogP contribution is 2.46. The summed E-state index contributed by atoms with van der Waals surface area (Å²) in [5.41, 5.74) is -0.479. The van der Waals surface area contributed by atoms with E-state index in [2.05, 4.69) is 5.10 Å². The molecule has 0 spiro atoms. The van der Waals surface area contributed by atoms with E-state index >= 15 is 0 Å². The van der Waals surface area contributed by atoms with Gasteiger partial charge in [-0.3, -0.25) is 4.79 Å². The van der Waals surface area contributed by atoms with E-state index < -0.39 is 32.5 Å². The van der Waals surface area contributed by atoms with Crippen molar-refractivity contribution in [1.82, 2.24) is 14.1 Å². The Morgan fingerprint density at radius 1 is 1.06 bits per heavy atom. The normalized spacial score (nSPS) is 18.2. The zero-order valence-corrected chi connectivity index (χ0v) is 20.9. The summed E-state index contributed by atoms with van der Waals surface area (Å²) < 4.78 is 66.4. The first-order valence-corrected chi connectivity index (χ1v) is 13.0. The SMILES string of the molecule is COCC1(COc2c(N3CCN(S(=O)(=O)C(C)C)CC3)cnn(-c3cc(F)cc(F)c3)c2=O)CC1. The van der Waals surface area contributed by atoms with Crippen molar-refractivity contribution in [3.63, 3.8) is 0 Å². The van der Waals surface area contributed by atoms with Crippen LogP contribution < -0.4 is 15.2 Å². The van der Waals surface area contributed by atoms with Gasteiger partial charge in [0.25, 0.3) is 0 Å². The maximum atomic E-state index is 13.8. The van der Waals surface area contributed by atoms with Crippen LogP contribution in [0.15, 0.2) is 29.2 Å². The summed E-state index contributed by atoms with van der Waals surface area (Å²) in [6, 6.07) is 2.75. The second kappa shape index (κ2) is 9.82. The molecule has 2 fully saturated rings. The van der Waals surface area contributed by atoms with E-state index in [4.69, 9.17) is 9.47 Å². The Morgan fingerprint density at radius 2 is 1.69 bits per heavy atom. The topological polar surface area (TPSA) is 94.0 Å². The lowest BCUT2D eigenvalue weighted by Gasteiger charge is -2.36. The van der Waals surface area contributed by atoms with Crippen molar-refractivity contribution < 1.29 is 26.7 Å². The van der Waals surface area contributed by atoms with Crippen LogP contribution in [0.5, 0.6) is 5.75 Å². The Morgan fingerprint density at radius 3 is 2.23 bits per heavy atom. The van der Waals surface area contributed by atoms with E-state index in [1.165, 1.54) is 10.5 Å². The number of anilines is 1. The Labute approximate surface area is 203 Å². The van der Waals surface area contributed by atoms with Crippen LogP contribution in [0.3, 0.4) is 0 Å². The molecule has 0 radical (unpaired) electrons. The number of rotatable bonds is 9. The lowest BCUT2D eigenvalue weighted by Crippen LogP contribution is -2.50. The molecule has 2 aliphatic rings. The van der Waals surface area contributed by atoms with Gasteiger partial charge in [-0.05, 0) is 38.8 Å². The first kappa shape index (κ1) is 25.5. The molecule has 0 atom stereocenters. The maximum Gasteiger partial charge on any atom is 0.316 e. The van der Waals surface area contributed by atoms with Crippen molar-refractivity contribution in [2.45, 2.75) is 31.9 Å². The molecule has 192 valence electrons. The van der Waals surface area contributed by atoms with E-state index in [0.717, 1.165) is 29.7 Å². The number of sulfonamides is 1. The van der Waals surface area contributed by atoms with Gasteiger partial charge in [0.1, 0.15) is 17.3 Å². The number of hydrogen-bond acceptors (Lipinski definition) is 7. The number of hydrogen-bond donors (Lipinski definition) is 0. The van der Waals surface area contributed by atoms with Gasteiger partial charge in [-0.1, -0.05) is 0 Å². The van der Waals surface area contributed by atoms with Crippen LogP contribution in [0, 0.1) is 17.0 Å². The summed E-state index contributed by atoms with van der Waals surface area (Å²) in [6.45, 7) is 5.20. The molecule has 1 saturated heterocycles. The molecule has 0 amide bonds. The average Bonchev–Trinajstić information content (AvgIpc) is 3.57. The molecule has 4 rings (SSSR count). The number of piperazine rings is 1. The van der Waals surface area contributed by atoms with Crippen molar-refractivity contribution in [3.8, 4) is 11.4 Å². The number of ether oxygens (including phenoxy) is 2. The van der Waals surface area contributed by atoms with Crippen LogP contribution in [0.1, 0.15) is 26.7 Å². The standard InChI is InChI=1S/C23H30F2N4O5S/c1-16(2)35(31,32)28-8-6-27(7-9-28)20-13-26-29(19-11-17(24)10-18(25)12-19)22(30)21(20)34-15-23(4-5-23)14-33-3/h10-13,16H,4-9,14-15H2,1-3H3. The maximum absolute atomic E-state index is 13.8. The van der Waals surface area contributed by atoms with E-state index in [-0.39, 0.29) is 36.5 Å². The van der Waals surface area contributed by atoms with Crippen LogP contribution in [0.2, 0.25) is 0 Å². The number of methoxy groups -OCH3 is 1. The lowest BCUT2D eigenvalue weighted by molar-refractivity contribution is 0.104. The molecule has 0 bridgehead atoms. The molecule has 12 heteroatoms. The zero-order valence-electron chi connectivity index (χ0n) is 20.0. The number of nitrogens with zero attached hydrogens (tertiary/aromatic N) is 4. The molecule has 2 aromatic rings. The highest BCUT2D eigenvalue weighted by molar-refractivity contribution is 7.89. The van der Waals surface area contributed by atoms with Crippen molar-refractivity contribution in [2.75, 3.05) is 51.4 Å². The Kier molecular flexibility index (Phi) is 7.16. The minimum atomic E-state index is -3.39. The minimum Gasteiger partial charge on any atom is -0.486 e. The summed E-state index contributed by atoms with van der Waals surface area (Å²) in [5.74, 6) is -1.66. The van der Waals surface area contributed by atoms with Crippen LogP contribution in [0.4, 0.5) is 14.5 Å². The molecule has 35 heavy (non-hydrogen) atoms. The molecule has 0 unspecified atom stereocenters. The molecule has 0 N–H and O–H groups in total. The monoisotopic (exact) mass is 512 g/mol. The van der Waals surface area contributed by atoms with Gasteiger partial charge in [0.05, 0.1) is 30.3 Å². The van der Waals surface area contributed by atoms with Gasteiger partial charge >= 0.3 is 5.56 Å². The van der Waals surface area contributed by atoms with Gasteiger partial charge in [-0.25, -0.2) is 17.2 Å². The lowest BCUT2D eigenvalue weighted by atomic mass is 10.1. The van der Waals surface area contributed by atoms with E-state index in [1.807, 2.05) is 4.90 Å². The smallest absolute Gasteiger partial charge is 0.316 e. The molecular weight excluding hydrogens is 482 g/mol. The fourth-order valence-electron chi connectivity index (χ4n) is 4.16. The highest BCUT2D eigenvalue weighted by Gasteiger charge is 2.44. The van der Waals surface area contributed by atoms with Crippen molar-refractivity contribution >= 4 is 15.7 Å². The summed E-state index contributed by atoms with van der Waals surface area (Å²) in [4.78, 5) is 15.3. The second-order valence-corrected chi connectivity index (χ2v) is 11.9. The number of halogens is 2. The zero-order chi connectivity index (χ0) is 25.4. The Balaban J connectivity index is 1.66. The Hall–Kier alpha value is -2.57. The first-order valence-electron chi connectivity index (χ1n) is 11.5. The van der Waals surface area contributed by atoms with Gasteiger partial charge in [-0.2, -0.15) is 14.1 Å². The minimum absolute atomic E-state index is 0.00668. The van der Waals surface area contributed by atoms with E-state index in [0.29, 0.717) is 31.5 Å². The van der Waals surface area contributed by atoms with Crippen LogP contribution >= 0.6 is 0 Å². The van der Waals surface area contributed by atoms with Crippen molar-refractivity contribution in [1.29, 1.82) is 0 Å². The van der Waals surface area contributed by atoms with E-state index in [9.17, 15) is 22.0 Å². The molecule has 1 aliphatic heterocycles. The molecule has 9 nitrogen and oxygen atoms in total. The summed E-state index contributed by atoms with van der Waals surface area (Å²) in [6.07, 6.45) is 3.22. The van der Waals surface area contributed by atoms with Gasteiger partial charge in [0.2, 0.25) is 15.8 Å². The van der Waals surface area contributed by atoms with Gasteiger partial charge < -0.3 is 14.4 Å². The fourth-order valence-corrected chi connectivity index (χ4v) is 5.42. The van der Waals surface area contributed by atoms with Gasteiger partial charge in [0, 0.05) is 44.8 Å². The van der Waals surface area contributed by atoms with Crippen LogP contribution in [-0.2, 0) is 14.8 Å². The molecule has 1 aromatic heterocycles. The molecule has 1 aliphatic carbocycles. The van der Waals surface area contributed by atoms with Crippen molar-refractivity contribution in [2.24, 2.45) is 5.41 Å². The largest absolute Gasteiger partial charge is 0.486 e. The third-order valence-electron chi connectivity index (χ3n) is 6.47. The molecule has 1 saturated carbocycles. The molecule has 1 aromatic carbocycles. The third-order valence-corrected chi connectivity index (χ3v) is 8.75. The first-order chi connectivity index (χ1) is 16.6. The van der Waals surface area contributed by atoms with E-state index in [1.54, 1.807) is 21.0 Å². The summed E-state index contributed by atoms with van der Waals surface area (Å²) >= 11 is 0. The highest BCUT2D eigenvalue weighted by atomic mass is 32.2. The third kappa shape index (κ3) is 5.34. The Bertz CT molecular complexity index is 1220. The quantitative estimate of drug-likeness (QED) is 0.508. The van der Waals surface area contributed by atoms with Gasteiger partial charge in [0.15, 0.2) is 0 Å². The molecule has 2 heterocycles. The predicted octanol–water partition coefficient (Wildman–Crippen LogP) is 2.18. The average molecular weight is 513 g/mol. The summed E-state index contributed by atoms with van der Waals surface area (Å²) in [5, 5.41) is 3.62. The fraction of sp³-hybridized carbons (Fsp3) is 0.565. The van der Waals surface area contributed by atoms with Gasteiger partial charge in [-0.15, -0.1) is 0 Å². The summed E-state index contributed by atoms with van der Waals surface area (Å²) in [7, 11) is -1.79.